The highest BCUT2D eigenvalue weighted by Crippen LogP contribution is 2.34. The SMILES string of the molecule is Cc1cc(/C=C2\SC(=O)N(CC(=O)N3CCCCC3)C2=O)c(C)n1-c1ccc(I)cc1. The van der Waals surface area contributed by atoms with Crippen molar-refractivity contribution in [1.29, 1.82) is 0 Å². The number of imide groups is 1. The van der Waals surface area contributed by atoms with E-state index in [1.54, 1.807) is 11.0 Å². The molecule has 0 spiro atoms. The van der Waals surface area contributed by atoms with Gasteiger partial charge in [-0.05, 0) is 109 Å². The average molecular weight is 549 g/mol. The molecule has 3 amide bonds. The first-order valence-corrected chi connectivity index (χ1v) is 12.2. The summed E-state index contributed by atoms with van der Waals surface area (Å²) in [4.78, 5) is 41.1. The summed E-state index contributed by atoms with van der Waals surface area (Å²) in [7, 11) is 0. The summed E-state index contributed by atoms with van der Waals surface area (Å²) < 4.78 is 3.29. The number of aromatic nitrogens is 1. The Bertz CT molecular complexity index is 1070. The molecule has 2 aromatic rings. The zero-order valence-electron chi connectivity index (χ0n) is 17.6. The van der Waals surface area contributed by atoms with Gasteiger partial charge in [-0.25, -0.2) is 0 Å². The highest BCUT2D eigenvalue weighted by atomic mass is 127. The topological polar surface area (TPSA) is 62.6 Å². The summed E-state index contributed by atoms with van der Waals surface area (Å²) in [5, 5.41) is -0.381. The minimum Gasteiger partial charge on any atom is -0.341 e. The fourth-order valence-corrected chi connectivity index (χ4v) is 5.27. The summed E-state index contributed by atoms with van der Waals surface area (Å²) in [6.45, 7) is 5.25. The molecule has 6 nitrogen and oxygen atoms in total. The van der Waals surface area contributed by atoms with E-state index >= 15 is 0 Å². The molecule has 162 valence electrons. The second-order valence-electron chi connectivity index (χ2n) is 7.85. The van der Waals surface area contributed by atoms with Gasteiger partial charge in [0.2, 0.25) is 5.91 Å². The Morgan fingerprint density at radius 3 is 2.45 bits per heavy atom. The molecular weight excluding hydrogens is 525 g/mol. The van der Waals surface area contributed by atoms with Crippen LogP contribution in [0.2, 0.25) is 0 Å². The molecule has 8 heteroatoms. The van der Waals surface area contributed by atoms with Crippen LogP contribution in [-0.4, -0.2) is 51.1 Å². The average Bonchev–Trinajstić information content (AvgIpc) is 3.19. The summed E-state index contributed by atoms with van der Waals surface area (Å²) in [6, 6.07) is 10.2. The lowest BCUT2D eigenvalue weighted by Gasteiger charge is -2.27. The quantitative estimate of drug-likeness (QED) is 0.408. The maximum absolute atomic E-state index is 12.9. The van der Waals surface area contributed by atoms with E-state index in [1.165, 1.54) is 0 Å². The van der Waals surface area contributed by atoms with Crippen molar-refractivity contribution in [3.05, 3.63) is 55.8 Å². The van der Waals surface area contributed by atoms with Gasteiger partial charge < -0.3 is 9.47 Å². The number of thioether (sulfide) groups is 1. The number of hydrogen-bond donors (Lipinski definition) is 0. The van der Waals surface area contributed by atoms with E-state index in [0.29, 0.717) is 18.0 Å². The van der Waals surface area contributed by atoms with Gasteiger partial charge >= 0.3 is 0 Å². The van der Waals surface area contributed by atoms with E-state index in [4.69, 9.17) is 0 Å². The summed E-state index contributed by atoms with van der Waals surface area (Å²) >= 11 is 3.18. The van der Waals surface area contributed by atoms with Crippen molar-refractivity contribution >= 4 is 57.5 Å². The fraction of sp³-hybridized carbons (Fsp3) is 0.348. The standard InChI is InChI=1S/C23H24IN3O3S/c1-15-12-17(16(2)27(15)19-8-6-18(24)7-9-19)13-20-22(29)26(23(30)31-20)14-21(28)25-10-4-3-5-11-25/h6-9,12-13H,3-5,10-11,14H2,1-2H3/b20-13-. The number of piperidine rings is 1. The molecule has 3 heterocycles. The smallest absolute Gasteiger partial charge is 0.294 e. The van der Waals surface area contributed by atoms with Crippen molar-refractivity contribution in [3.63, 3.8) is 0 Å². The van der Waals surface area contributed by atoms with Gasteiger partial charge in [0.25, 0.3) is 11.1 Å². The van der Waals surface area contributed by atoms with Crippen LogP contribution in [0.15, 0.2) is 35.2 Å². The van der Waals surface area contributed by atoms with Crippen molar-refractivity contribution in [1.82, 2.24) is 14.4 Å². The monoisotopic (exact) mass is 549 g/mol. The predicted octanol–water partition coefficient (Wildman–Crippen LogP) is 4.75. The Labute approximate surface area is 199 Å². The maximum atomic E-state index is 12.9. The van der Waals surface area contributed by atoms with Crippen LogP contribution in [-0.2, 0) is 9.59 Å². The molecule has 1 aromatic heterocycles. The highest BCUT2D eigenvalue weighted by Gasteiger charge is 2.37. The molecule has 0 unspecified atom stereocenters. The number of nitrogens with zero attached hydrogens (tertiary/aromatic N) is 3. The Morgan fingerprint density at radius 2 is 1.77 bits per heavy atom. The molecular formula is C23H24IN3O3S. The fourth-order valence-electron chi connectivity index (χ4n) is 4.08. The Hall–Kier alpha value is -2.07. The van der Waals surface area contributed by atoms with Gasteiger partial charge in [0, 0.05) is 33.7 Å². The van der Waals surface area contributed by atoms with E-state index in [9.17, 15) is 14.4 Å². The number of aryl methyl sites for hydroxylation is 1. The minimum atomic E-state index is -0.389. The molecule has 0 atom stereocenters. The number of halogens is 1. The molecule has 2 fully saturated rings. The largest absolute Gasteiger partial charge is 0.341 e. The van der Waals surface area contributed by atoms with Crippen LogP contribution in [0, 0.1) is 17.4 Å². The molecule has 2 aliphatic heterocycles. The number of benzene rings is 1. The van der Waals surface area contributed by atoms with Gasteiger partial charge in [0.05, 0.1) is 4.91 Å². The van der Waals surface area contributed by atoms with Crippen molar-refractivity contribution < 1.29 is 14.4 Å². The lowest BCUT2D eigenvalue weighted by molar-refractivity contribution is -0.136. The number of likely N-dealkylation sites (tertiary alicyclic amines) is 1. The summed E-state index contributed by atoms with van der Waals surface area (Å²) in [5.41, 5.74) is 3.98. The predicted molar refractivity (Wildman–Crippen MR) is 131 cm³/mol. The van der Waals surface area contributed by atoms with Gasteiger partial charge in [0.15, 0.2) is 0 Å². The van der Waals surface area contributed by atoms with Crippen LogP contribution < -0.4 is 0 Å². The van der Waals surface area contributed by atoms with E-state index in [1.807, 2.05) is 19.9 Å². The Kier molecular flexibility index (Phi) is 6.57. The molecule has 0 saturated carbocycles. The van der Waals surface area contributed by atoms with Crippen LogP contribution in [0.4, 0.5) is 4.79 Å². The molecule has 4 rings (SSSR count). The zero-order chi connectivity index (χ0) is 22.1. The molecule has 2 aliphatic rings. The molecule has 1 aromatic carbocycles. The van der Waals surface area contributed by atoms with E-state index in [-0.39, 0.29) is 23.6 Å². The van der Waals surface area contributed by atoms with Crippen LogP contribution in [0.25, 0.3) is 11.8 Å². The second-order valence-corrected chi connectivity index (χ2v) is 10.1. The van der Waals surface area contributed by atoms with E-state index in [0.717, 1.165) is 62.1 Å². The van der Waals surface area contributed by atoms with Crippen LogP contribution >= 0.6 is 34.4 Å². The van der Waals surface area contributed by atoms with Crippen molar-refractivity contribution in [3.8, 4) is 5.69 Å². The number of carbonyl (C=O) groups is 3. The first kappa shape index (κ1) is 22.1. The van der Waals surface area contributed by atoms with Crippen molar-refractivity contribution in [2.24, 2.45) is 0 Å². The van der Waals surface area contributed by atoms with Gasteiger partial charge in [-0.2, -0.15) is 0 Å². The third-order valence-corrected chi connectivity index (χ3v) is 7.34. The number of carbonyl (C=O) groups excluding carboxylic acids is 3. The second kappa shape index (κ2) is 9.20. The van der Waals surface area contributed by atoms with Crippen LogP contribution in [0.3, 0.4) is 0 Å². The van der Waals surface area contributed by atoms with Crippen LogP contribution in [0.1, 0.15) is 36.2 Å². The molecule has 2 saturated heterocycles. The molecule has 31 heavy (non-hydrogen) atoms. The zero-order valence-corrected chi connectivity index (χ0v) is 20.5. The first-order valence-electron chi connectivity index (χ1n) is 10.3. The third-order valence-electron chi connectivity index (χ3n) is 5.72. The molecule has 0 radical (unpaired) electrons. The number of rotatable bonds is 4. The van der Waals surface area contributed by atoms with Gasteiger partial charge in [-0.1, -0.05) is 0 Å². The maximum Gasteiger partial charge on any atom is 0.294 e. The van der Waals surface area contributed by atoms with Gasteiger partial charge in [0.1, 0.15) is 6.54 Å². The number of amides is 3. The first-order chi connectivity index (χ1) is 14.8. The normalized spacial score (nSPS) is 18.4. The van der Waals surface area contributed by atoms with Crippen LogP contribution in [0.5, 0.6) is 0 Å². The van der Waals surface area contributed by atoms with E-state index in [2.05, 4.69) is 51.4 Å². The van der Waals surface area contributed by atoms with Gasteiger partial charge in [-0.15, -0.1) is 0 Å². The van der Waals surface area contributed by atoms with E-state index < -0.39 is 0 Å². The minimum absolute atomic E-state index is 0.153. The van der Waals surface area contributed by atoms with Gasteiger partial charge in [-0.3, -0.25) is 19.3 Å². The molecule has 0 bridgehead atoms. The number of hydrogen-bond acceptors (Lipinski definition) is 4. The lowest BCUT2D eigenvalue weighted by atomic mass is 10.1. The van der Waals surface area contributed by atoms with Crippen molar-refractivity contribution in [2.75, 3.05) is 19.6 Å². The molecule has 0 aliphatic carbocycles. The van der Waals surface area contributed by atoms with Crippen molar-refractivity contribution in [2.45, 2.75) is 33.1 Å². The lowest BCUT2D eigenvalue weighted by Crippen LogP contribution is -2.44. The Morgan fingerprint density at radius 1 is 1.10 bits per heavy atom. The summed E-state index contributed by atoms with van der Waals surface area (Å²) in [6.07, 6.45) is 4.84. The third kappa shape index (κ3) is 4.59. The summed E-state index contributed by atoms with van der Waals surface area (Å²) in [5.74, 6) is -0.542. The molecule has 0 N–H and O–H groups in total. The highest BCUT2D eigenvalue weighted by molar-refractivity contribution is 14.1. The Balaban J connectivity index is 1.55.